The number of carbonyl (C=O) groups is 2. The van der Waals surface area contributed by atoms with Gasteiger partial charge in [0.05, 0.1) is 17.0 Å². The number of nitrogens with one attached hydrogen (secondary N) is 2. The molecule has 0 bridgehead atoms. The Kier molecular flexibility index (Phi) is 6.51. The minimum Gasteiger partial charge on any atom is -0.349 e. The number of aryl methyl sites for hydroxylation is 1. The average molecular weight is 385 g/mol. The second kappa shape index (κ2) is 9.05. The lowest BCUT2D eigenvalue weighted by Gasteiger charge is -2.23. The Labute approximate surface area is 165 Å². The van der Waals surface area contributed by atoms with E-state index < -0.39 is 0 Å². The summed E-state index contributed by atoms with van der Waals surface area (Å²) in [4.78, 5) is 25.0. The van der Waals surface area contributed by atoms with E-state index in [1.165, 1.54) is 6.42 Å². The van der Waals surface area contributed by atoms with Crippen LogP contribution in [0.2, 0.25) is 5.02 Å². The molecule has 2 amide bonds. The summed E-state index contributed by atoms with van der Waals surface area (Å²) in [6, 6.07) is 13.0. The molecule has 2 N–H and O–H groups in total. The molecule has 0 aliphatic heterocycles. The summed E-state index contributed by atoms with van der Waals surface area (Å²) in [6.07, 6.45) is 5.84. The van der Waals surface area contributed by atoms with Crippen molar-refractivity contribution in [2.24, 2.45) is 0 Å². The number of hydrogen-bond acceptors (Lipinski definition) is 2. The van der Waals surface area contributed by atoms with Gasteiger partial charge in [-0.2, -0.15) is 0 Å². The first-order chi connectivity index (χ1) is 13.0. The van der Waals surface area contributed by atoms with E-state index in [-0.39, 0.29) is 17.9 Å². The number of carbonyl (C=O) groups excluding carboxylic acids is 2. The van der Waals surface area contributed by atoms with Gasteiger partial charge in [0, 0.05) is 11.7 Å². The fraction of sp³-hybridized carbons (Fsp3) is 0.364. The summed E-state index contributed by atoms with van der Waals surface area (Å²) in [5, 5.41) is 6.32. The molecular formula is C22H25ClN2O2. The highest BCUT2D eigenvalue weighted by Crippen LogP contribution is 2.23. The third-order valence-electron chi connectivity index (χ3n) is 5.05. The van der Waals surface area contributed by atoms with Crippen molar-refractivity contribution in [1.82, 2.24) is 5.32 Å². The Morgan fingerprint density at radius 1 is 1.07 bits per heavy atom. The predicted molar refractivity (Wildman–Crippen MR) is 109 cm³/mol. The molecule has 27 heavy (non-hydrogen) atoms. The third kappa shape index (κ3) is 5.33. The SMILES string of the molecule is Cc1ccccc1CC(=O)Nc1ccc(Cl)c(C(=O)NC2CCCCC2)c1. The molecule has 0 saturated heterocycles. The molecular weight excluding hydrogens is 360 g/mol. The van der Waals surface area contributed by atoms with E-state index in [2.05, 4.69) is 10.6 Å². The third-order valence-corrected chi connectivity index (χ3v) is 5.38. The molecule has 0 heterocycles. The molecule has 2 aromatic rings. The minimum absolute atomic E-state index is 0.120. The van der Waals surface area contributed by atoms with Gasteiger partial charge in [-0.25, -0.2) is 0 Å². The van der Waals surface area contributed by atoms with Gasteiger partial charge in [0.2, 0.25) is 5.91 Å². The number of anilines is 1. The second-order valence-electron chi connectivity index (χ2n) is 7.15. The molecule has 4 nitrogen and oxygen atoms in total. The first-order valence-corrected chi connectivity index (χ1v) is 9.85. The molecule has 0 unspecified atom stereocenters. The van der Waals surface area contributed by atoms with Crippen LogP contribution in [0.15, 0.2) is 42.5 Å². The van der Waals surface area contributed by atoms with Gasteiger partial charge in [-0.3, -0.25) is 9.59 Å². The van der Waals surface area contributed by atoms with Gasteiger partial charge >= 0.3 is 0 Å². The molecule has 1 aliphatic carbocycles. The van der Waals surface area contributed by atoms with Gasteiger partial charge in [0.1, 0.15) is 0 Å². The summed E-state index contributed by atoms with van der Waals surface area (Å²) in [5.41, 5.74) is 3.04. The Bertz CT molecular complexity index is 829. The lowest BCUT2D eigenvalue weighted by atomic mass is 9.95. The highest BCUT2D eigenvalue weighted by molar-refractivity contribution is 6.34. The van der Waals surface area contributed by atoms with Gasteiger partial charge < -0.3 is 10.6 Å². The van der Waals surface area contributed by atoms with Crippen LogP contribution in [0.4, 0.5) is 5.69 Å². The zero-order chi connectivity index (χ0) is 19.2. The summed E-state index contributed by atoms with van der Waals surface area (Å²) in [7, 11) is 0. The Morgan fingerprint density at radius 2 is 1.81 bits per heavy atom. The van der Waals surface area contributed by atoms with Gasteiger partial charge in [0.15, 0.2) is 0 Å². The monoisotopic (exact) mass is 384 g/mol. The van der Waals surface area contributed by atoms with Crippen LogP contribution < -0.4 is 10.6 Å². The predicted octanol–water partition coefficient (Wildman–Crippen LogP) is 4.89. The normalized spacial score (nSPS) is 14.6. The van der Waals surface area contributed by atoms with E-state index in [4.69, 9.17) is 11.6 Å². The van der Waals surface area contributed by atoms with Crippen molar-refractivity contribution in [3.05, 3.63) is 64.2 Å². The second-order valence-corrected chi connectivity index (χ2v) is 7.56. The van der Waals surface area contributed by atoms with E-state index in [1.807, 2.05) is 31.2 Å². The van der Waals surface area contributed by atoms with E-state index in [0.29, 0.717) is 22.7 Å². The van der Waals surface area contributed by atoms with Gasteiger partial charge in [-0.05, 0) is 49.1 Å². The smallest absolute Gasteiger partial charge is 0.253 e. The number of benzene rings is 2. The fourth-order valence-corrected chi connectivity index (χ4v) is 3.68. The van der Waals surface area contributed by atoms with Crippen LogP contribution in [-0.4, -0.2) is 17.9 Å². The first kappa shape index (κ1) is 19.4. The Hall–Kier alpha value is -2.33. The largest absolute Gasteiger partial charge is 0.349 e. The fourth-order valence-electron chi connectivity index (χ4n) is 3.47. The number of halogens is 1. The van der Waals surface area contributed by atoms with Crippen LogP contribution in [0.3, 0.4) is 0 Å². The van der Waals surface area contributed by atoms with Crippen LogP contribution in [0.1, 0.15) is 53.6 Å². The zero-order valence-corrected chi connectivity index (χ0v) is 16.3. The van der Waals surface area contributed by atoms with Gasteiger partial charge in [-0.15, -0.1) is 0 Å². The van der Waals surface area contributed by atoms with Crippen LogP contribution in [0, 0.1) is 6.92 Å². The van der Waals surface area contributed by atoms with Crippen LogP contribution >= 0.6 is 11.6 Å². The quantitative estimate of drug-likeness (QED) is 0.770. The molecule has 0 aromatic heterocycles. The molecule has 1 saturated carbocycles. The zero-order valence-electron chi connectivity index (χ0n) is 15.6. The lowest BCUT2D eigenvalue weighted by molar-refractivity contribution is -0.115. The van der Waals surface area contributed by atoms with Crippen molar-refractivity contribution in [3.63, 3.8) is 0 Å². The number of amides is 2. The van der Waals surface area contributed by atoms with Crippen molar-refractivity contribution in [3.8, 4) is 0 Å². The van der Waals surface area contributed by atoms with Gasteiger partial charge in [0.25, 0.3) is 5.91 Å². The molecule has 2 aromatic carbocycles. The molecule has 142 valence electrons. The molecule has 5 heteroatoms. The summed E-state index contributed by atoms with van der Waals surface area (Å²) in [5.74, 6) is -0.299. The van der Waals surface area contributed by atoms with Crippen molar-refractivity contribution >= 4 is 29.1 Å². The maximum Gasteiger partial charge on any atom is 0.253 e. The van der Waals surface area contributed by atoms with Gasteiger partial charge in [-0.1, -0.05) is 55.1 Å². The minimum atomic E-state index is -0.179. The van der Waals surface area contributed by atoms with E-state index >= 15 is 0 Å². The lowest BCUT2D eigenvalue weighted by Crippen LogP contribution is -2.36. The van der Waals surface area contributed by atoms with E-state index in [0.717, 1.165) is 36.8 Å². The Morgan fingerprint density at radius 3 is 2.56 bits per heavy atom. The summed E-state index contributed by atoms with van der Waals surface area (Å²) in [6.45, 7) is 1.98. The maximum atomic E-state index is 12.6. The topological polar surface area (TPSA) is 58.2 Å². The average Bonchev–Trinajstić information content (AvgIpc) is 2.66. The summed E-state index contributed by atoms with van der Waals surface area (Å²) >= 11 is 6.22. The van der Waals surface area contributed by atoms with Crippen LogP contribution in [-0.2, 0) is 11.2 Å². The molecule has 1 fully saturated rings. The van der Waals surface area contributed by atoms with E-state index in [9.17, 15) is 9.59 Å². The molecule has 0 radical (unpaired) electrons. The van der Waals surface area contributed by atoms with Crippen LogP contribution in [0.5, 0.6) is 0 Å². The van der Waals surface area contributed by atoms with Crippen molar-refractivity contribution in [2.45, 2.75) is 51.5 Å². The number of hydrogen-bond donors (Lipinski definition) is 2. The molecule has 1 aliphatic rings. The summed E-state index contributed by atoms with van der Waals surface area (Å²) < 4.78 is 0. The highest BCUT2D eigenvalue weighted by atomic mass is 35.5. The highest BCUT2D eigenvalue weighted by Gasteiger charge is 2.19. The Balaban J connectivity index is 1.66. The first-order valence-electron chi connectivity index (χ1n) is 9.47. The van der Waals surface area contributed by atoms with Crippen LogP contribution in [0.25, 0.3) is 0 Å². The van der Waals surface area contributed by atoms with Crippen molar-refractivity contribution < 1.29 is 9.59 Å². The maximum absolute atomic E-state index is 12.6. The molecule has 0 spiro atoms. The molecule has 3 rings (SSSR count). The van der Waals surface area contributed by atoms with E-state index in [1.54, 1.807) is 18.2 Å². The van der Waals surface area contributed by atoms with Crippen molar-refractivity contribution in [1.29, 1.82) is 0 Å². The standard InChI is InChI=1S/C22H25ClN2O2/c1-15-7-5-6-8-16(15)13-21(26)24-18-11-12-20(23)19(14-18)22(27)25-17-9-3-2-4-10-17/h5-8,11-12,14,17H,2-4,9-10,13H2,1H3,(H,24,26)(H,25,27). The van der Waals surface area contributed by atoms with Crippen molar-refractivity contribution in [2.75, 3.05) is 5.32 Å². The number of rotatable bonds is 5. The molecule has 0 atom stereocenters.